The summed E-state index contributed by atoms with van der Waals surface area (Å²) in [4.78, 5) is 0. The van der Waals surface area contributed by atoms with Gasteiger partial charge < -0.3 is 24.8 Å². The predicted molar refractivity (Wildman–Crippen MR) is 125 cm³/mol. The van der Waals surface area contributed by atoms with Gasteiger partial charge in [-0.05, 0) is 84.9 Å². The van der Waals surface area contributed by atoms with E-state index in [9.17, 15) is 15.3 Å². The Morgan fingerprint density at radius 2 is 1.82 bits per heavy atom. The number of likely N-dealkylation sites (N-methyl/N-ethyl adjacent to an activating group) is 1. The lowest BCUT2D eigenvalue weighted by atomic mass is 9.89. The Morgan fingerprint density at radius 3 is 2.61 bits per heavy atom. The van der Waals surface area contributed by atoms with Crippen LogP contribution < -0.4 is 10.1 Å². The maximum absolute atomic E-state index is 10.7. The van der Waals surface area contributed by atoms with Crippen LogP contribution in [-0.4, -0.2) is 53.0 Å². The number of ether oxygens (including phenoxy) is 2. The summed E-state index contributed by atoms with van der Waals surface area (Å²) < 4.78 is 12.0. The second kappa shape index (κ2) is 9.72. The van der Waals surface area contributed by atoms with Crippen LogP contribution in [-0.2, 0) is 17.6 Å². The molecule has 6 heteroatoms. The zero-order valence-electron chi connectivity index (χ0n) is 19.2. The summed E-state index contributed by atoms with van der Waals surface area (Å²) in [5.74, 6) is 1.59. The van der Waals surface area contributed by atoms with Crippen molar-refractivity contribution in [3.63, 3.8) is 0 Å². The highest BCUT2D eigenvalue weighted by atomic mass is 16.5. The summed E-state index contributed by atoms with van der Waals surface area (Å²) in [7, 11) is 0. The van der Waals surface area contributed by atoms with Crippen molar-refractivity contribution in [1.29, 1.82) is 0 Å². The van der Waals surface area contributed by atoms with Crippen molar-refractivity contribution in [2.75, 3.05) is 13.2 Å². The number of rotatable bonds is 6. The minimum Gasteiger partial charge on any atom is -0.493 e. The predicted octanol–water partition coefficient (Wildman–Crippen LogP) is 2.96. The fourth-order valence-electron chi connectivity index (χ4n) is 5.14. The van der Waals surface area contributed by atoms with Crippen molar-refractivity contribution in [3.05, 3.63) is 64.2 Å². The molecule has 1 saturated carbocycles. The van der Waals surface area contributed by atoms with Gasteiger partial charge in [0.25, 0.3) is 0 Å². The molecule has 0 radical (unpaired) electrons. The molecular formula is C27H35NO5. The Bertz CT molecular complexity index is 975. The van der Waals surface area contributed by atoms with E-state index in [2.05, 4.69) is 35.6 Å². The molecule has 0 unspecified atom stereocenters. The first kappa shape index (κ1) is 22.8. The van der Waals surface area contributed by atoms with Crippen LogP contribution >= 0.6 is 0 Å². The molecule has 2 aliphatic heterocycles. The molecule has 1 saturated heterocycles. The van der Waals surface area contributed by atoms with E-state index in [0.29, 0.717) is 12.5 Å². The number of fused-ring (bicyclic) bond motifs is 1. The van der Waals surface area contributed by atoms with E-state index in [1.807, 2.05) is 13.0 Å². The molecule has 3 aliphatic rings. The highest BCUT2D eigenvalue weighted by Gasteiger charge is 2.44. The van der Waals surface area contributed by atoms with Gasteiger partial charge in [0.15, 0.2) is 0 Å². The monoisotopic (exact) mass is 453 g/mol. The number of aryl methyl sites for hydroxylation is 1. The van der Waals surface area contributed by atoms with Gasteiger partial charge in [0.1, 0.15) is 36.4 Å². The maximum Gasteiger partial charge on any atom is 0.137 e. The van der Waals surface area contributed by atoms with Crippen LogP contribution in [0.15, 0.2) is 36.4 Å². The maximum atomic E-state index is 10.7. The van der Waals surface area contributed by atoms with Crippen LogP contribution in [0.25, 0.3) is 0 Å². The number of nitrogens with one attached hydrogen (secondary N) is 1. The van der Waals surface area contributed by atoms with E-state index in [1.54, 1.807) is 0 Å². The highest BCUT2D eigenvalue weighted by Crippen LogP contribution is 2.43. The summed E-state index contributed by atoms with van der Waals surface area (Å²) in [6, 6.07) is 12.8. The van der Waals surface area contributed by atoms with Gasteiger partial charge in [-0.3, -0.25) is 5.32 Å². The van der Waals surface area contributed by atoms with E-state index in [1.165, 1.54) is 41.5 Å². The van der Waals surface area contributed by atoms with Crippen LogP contribution in [0, 0.1) is 0 Å². The Labute approximate surface area is 195 Å². The van der Waals surface area contributed by atoms with Crippen LogP contribution in [0.1, 0.15) is 72.4 Å². The molecule has 0 bridgehead atoms. The molecule has 33 heavy (non-hydrogen) atoms. The molecule has 178 valence electrons. The van der Waals surface area contributed by atoms with E-state index < -0.39 is 30.6 Å². The molecule has 1 aliphatic carbocycles. The number of benzene rings is 2. The highest BCUT2D eigenvalue weighted by molar-refractivity contribution is 5.44. The Morgan fingerprint density at radius 1 is 0.970 bits per heavy atom. The summed E-state index contributed by atoms with van der Waals surface area (Å²) in [6.45, 7) is 3.27. The smallest absolute Gasteiger partial charge is 0.137 e. The molecular weight excluding hydrogens is 418 g/mol. The SMILES string of the molecule is CCN[C@H]1O[C@@H](c2ccc(C3CC3)c(Cc3ccc4c(c3)OCCCC4)c2)[C@H](O)[C@@H](O)[C@@H]1O. The van der Waals surface area contributed by atoms with Gasteiger partial charge in [0, 0.05) is 0 Å². The van der Waals surface area contributed by atoms with Crippen molar-refractivity contribution in [2.24, 2.45) is 0 Å². The molecule has 2 fully saturated rings. The first-order chi connectivity index (χ1) is 16.0. The third-order valence-electron chi connectivity index (χ3n) is 7.16. The zero-order valence-corrected chi connectivity index (χ0v) is 19.2. The van der Waals surface area contributed by atoms with Gasteiger partial charge >= 0.3 is 0 Å². The largest absolute Gasteiger partial charge is 0.493 e. The molecule has 5 atom stereocenters. The number of hydrogen-bond donors (Lipinski definition) is 4. The van der Waals surface area contributed by atoms with Crippen LogP contribution in [0.5, 0.6) is 5.75 Å². The molecule has 0 spiro atoms. The number of aliphatic hydroxyl groups is 3. The minimum absolute atomic E-state index is 0.587. The van der Waals surface area contributed by atoms with Gasteiger partial charge in [-0.15, -0.1) is 0 Å². The fraction of sp³-hybridized carbons (Fsp3) is 0.556. The van der Waals surface area contributed by atoms with Crippen molar-refractivity contribution in [3.8, 4) is 5.75 Å². The van der Waals surface area contributed by atoms with Gasteiger partial charge in [-0.25, -0.2) is 0 Å². The molecule has 0 aromatic heterocycles. The van der Waals surface area contributed by atoms with Gasteiger partial charge in [0.05, 0.1) is 6.61 Å². The lowest BCUT2D eigenvalue weighted by molar-refractivity contribution is -0.232. The van der Waals surface area contributed by atoms with Crippen molar-refractivity contribution >= 4 is 0 Å². The lowest BCUT2D eigenvalue weighted by Crippen LogP contribution is -2.58. The Balaban J connectivity index is 1.44. The van der Waals surface area contributed by atoms with E-state index in [0.717, 1.165) is 37.2 Å². The van der Waals surface area contributed by atoms with Crippen LogP contribution in [0.4, 0.5) is 0 Å². The van der Waals surface area contributed by atoms with Crippen molar-refractivity contribution < 1.29 is 24.8 Å². The molecule has 5 rings (SSSR count). The number of aliphatic hydroxyl groups excluding tert-OH is 3. The number of hydrogen-bond acceptors (Lipinski definition) is 6. The quantitative estimate of drug-likeness (QED) is 0.538. The zero-order chi connectivity index (χ0) is 22.9. The van der Waals surface area contributed by atoms with E-state index >= 15 is 0 Å². The molecule has 6 nitrogen and oxygen atoms in total. The average Bonchev–Trinajstić information content (AvgIpc) is 3.67. The van der Waals surface area contributed by atoms with Gasteiger partial charge in [-0.2, -0.15) is 0 Å². The third kappa shape index (κ3) is 4.81. The topological polar surface area (TPSA) is 91.2 Å². The molecule has 2 heterocycles. The van der Waals surface area contributed by atoms with Gasteiger partial charge in [0.2, 0.25) is 0 Å². The first-order valence-electron chi connectivity index (χ1n) is 12.4. The second-order valence-corrected chi connectivity index (χ2v) is 9.66. The fourth-order valence-corrected chi connectivity index (χ4v) is 5.14. The van der Waals surface area contributed by atoms with E-state index in [4.69, 9.17) is 9.47 Å². The first-order valence-corrected chi connectivity index (χ1v) is 12.4. The molecule has 4 N–H and O–H groups in total. The minimum atomic E-state index is -1.28. The van der Waals surface area contributed by atoms with Crippen LogP contribution in [0.3, 0.4) is 0 Å². The van der Waals surface area contributed by atoms with E-state index in [-0.39, 0.29) is 0 Å². The standard InChI is InChI=1S/C27H35NO5/c1-2-28-27-25(31)23(29)24(30)26(33-27)19-10-11-21(17-8-9-17)20(15-19)13-16-6-7-18-5-3-4-12-32-22(18)14-16/h6-7,10-11,14-15,17,23-31H,2-5,8-9,12-13H2,1H3/t23-,24-,25+,26+,27+/m1/s1. The summed E-state index contributed by atoms with van der Waals surface area (Å²) in [6.07, 6.45) is 1.41. The summed E-state index contributed by atoms with van der Waals surface area (Å²) >= 11 is 0. The normalized spacial score (nSPS) is 29.8. The second-order valence-electron chi connectivity index (χ2n) is 9.66. The summed E-state index contributed by atoms with van der Waals surface area (Å²) in [5, 5.41) is 34.5. The third-order valence-corrected chi connectivity index (χ3v) is 7.16. The molecule has 2 aromatic rings. The Kier molecular flexibility index (Phi) is 6.72. The molecule has 0 amide bonds. The van der Waals surface area contributed by atoms with Gasteiger partial charge in [-0.1, -0.05) is 37.3 Å². The molecule has 2 aromatic carbocycles. The summed E-state index contributed by atoms with van der Waals surface area (Å²) in [5.41, 5.74) is 5.89. The Hall–Kier alpha value is -1.96. The van der Waals surface area contributed by atoms with Crippen molar-refractivity contribution in [1.82, 2.24) is 5.32 Å². The van der Waals surface area contributed by atoms with Crippen LogP contribution in [0.2, 0.25) is 0 Å². The average molecular weight is 454 g/mol. The van der Waals surface area contributed by atoms with Crippen molar-refractivity contribution in [2.45, 2.75) is 82.0 Å². The lowest BCUT2D eigenvalue weighted by Gasteiger charge is -2.41.